The van der Waals surface area contributed by atoms with Crippen LogP contribution in [0.4, 0.5) is 5.82 Å². The van der Waals surface area contributed by atoms with Crippen molar-refractivity contribution in [2.24, 2.45) is 0 Å². The molecule has 108 valence electrons. The van der Waals surface area contributed by atoms with Crippen molar-refractivity contribution >= 4 is 28.9 Å². The Bertz CT molecular complexity index is 634. The van der Waals surface area contributed by atoms with Crippen molar-refractivity contribution in [3.8, 4) is 5.75 Å². The second kappa shape index (κ2) is 7.32. The van der Waals surface area contributed by atoms with E-state index in [0.717, 1.165) is 0 Å². The summed E-state index contributed by atoms with van der Waals surface area (Å²) in [5.74, 6) is 0.136. The minimum Gasteiger partial charge on any atom is -0.508 e. The number of para-hydroxylation sites is 1. The van der Waals surface area contributed by atoms with Crippen LogP contribution in [-0.2, 0) is 11.3 Å². The fraction of sp³-hybridized carbons (Fsp3) is 0.0714. The molecule has 2 rings (SSSR count). The number of thiocarbonyl (C=S) groups is 1. The molecule has 0 fully saturated rings. The quantitative estimate of drug-likeness (QED) is 0.504. The number of nitrogens with one attached hydrogen (secondary N) is 3. The number of hydrazine groups is 1. The summed E-state index contributed by atoms with van der Waals surface area (Å²) in [6.07, 6.45) is 1.57. The molecule has 0 aliphatic carbocycles. The molecule has 7 heteroatoms. The van der Waals surface area contributed by atoms with Gasteiger partial charge in [0.1, 0.15) is 11.6 Å². The highest BCUT2D eigenvalue weighted by molar-refractivity contribution is 7.82. The number of phenols is 1. The van der Waals surface area contributed by atoms with Crippen molar-refractivity contribution < 1.29 is 9.90 Å². The molecule has 1 aromatic heterocycles. The third-order valence-corrected chi connectivity index (χ3v) is 2.87. The highest BCUT2D eigenvalue weighted by atomic mass is 32.1. The molecular weight excluding hydrogens is 288 g/mol. The molecule has 0 aliphatic heterocycles. The number of anilines is 1. The summed E-state index contributed by atoms with van der Waals surface area (Å²) < 4.78 is 0. The zero-order chi connectivity index (χ0) is 15.1. The molecule has 0 saturated heterocycles. The maximum absolute atomic E-state index is 11.8. The second-order valence-corrected chi connectivity index (χ2v) is 4.51. The minimum atomic E-state index is -0.464. The molecule has 1 amide bonds. The fourth-order valence-electron chi connectivity index (χ4n) is 1.55. The van der Waals surface area contributed by atoms with Crippen LogP contribution in [0.25, 0.3) is 0 Å². The molecule has 6 nitrogen and oxygen atoms in total. The predicted octanol–water partition coefficient (Wildman–Crippen LogP) is 1.35. The SMILES string of the molecule is O=C(Nc1ccccn1)C(=S)NNCc1ccccc1O. The van der Waals surface area contributed by atoms with Crippen LogP contribution in [0, 0.1) is 0 Å². The highest BCUT2D eigenvalue weighted by Gasteiger charge is 2.09. The Kier molecular flexibility index (Phi) is 5.19. The fourth-order valence-corrected chi connectivity index (χ4v) is 1.67. The Labute approximate surface area is 127 Å². The molecule has 0 radical (unpaired) electrons. The Morgan fingerprint density at radius 1 is 1.19 bits per heavy atom. The summed E-state index contributed by atoms with van der Waals surface area (Å²) in [5.41, 5.74) is 6.08. The van der Waals surface area contributed by atoms with E-state index in [-0.39, 0.29) is 10.7 Å². The van der Waals surface area contributed by atoms with Gasteiger partial charge in [0.2, 0.25) is 0 Å². The monoisotopic (exact) mass is 302 g/mol. The van der Waals surface area contributed by atoms with Crippen molar-refractivity contribution in [2.45, 2.75) is 6.54 Å². The van der Waals surface area contributed by atoms with E-state index in [2.05, 4.69) is 21.2 Å². The summed E-state index contributed by atoms with van der Waals surface area (Å²) in [6, 6.07) is 12.1. The first kappa shape index (κ1) is 14.9. The number of nitrogens with zero attached hydrogens (tertiary/aromatic N) is 1. The number of rotatable bonds is 4. The van der Waals surface area contributed by atoms with Gasteiger partial charge in [-0.15, -0.1) is 0 Å². The van der Waals surface area contributed by atoms with Crippen LogP contribution >= 0.6 is 12.2 Å². The number of aromatic hydroxyl groups is 1. The minimum absolute atomic E-state index is 0.0175. The third kappa shape index (κ3) is 4.51. The molecule has 0 saturated carbocycles. The van der Waals surface area contributed by atoms with Gasteiger partial charge in [-0.3, -0.25) is 4.79 Å². The Balaban J connectivity index is 1.79. The van der Waals surface area contributed by atoms with Crippen molar-refractivity contribution in [3.63, 3.8) is 0 Å². The molecule has 1 heterocycles. The van der Waals surface area contributed by atoms with Gasteiger partial charge in [0.25, 0.3) is 5.91 Å². The molecular formula is C14H14N4O2S. The lowest BCUT2D eigenvalue weighted by atomic mass is 10.2. The van der Waals surface area contributed by atoms with E-state index in [1.807, 2.05) is 6.07 Å². The molecule has 0 aliphatic rings. The smallest absolute Gasteiger partial charge is 0.285 e. The van der Waals surface area contributed by atoms with E-state index in [1.165, 1.54) is 0 Å². The Morgan fingerprint density at radius 3 is 2.67 bits per heavy atom. The van der Waals surface area contributed by atoms with E-state index in [9.17, 15) is 9.90 Å². The van der Waals surface area contributed by atoms with Gasteiger partial charge >= 0.3 is 0 Å². The van der Waals surface area contributed by atoms with E-state index < -0.39 is 5.91 Å². The summed E-state index contributed by atoms with van der Waals surface area (Å²) >= 11 is 4.95. The second-order valence-electron chi connectivity index (χ2n) is 4.11. The summed E-state index contributed by atoms with van der Waals surface area (Å²) in [4.78, 5) is 15.7. The number of hydrogen-bond donors (Lipinski definition) is 4. The molecule has 0 bridgehead atoms. The van der Waals surface area contributed by atoms with Crippen LogP contribution < -0.4 is 16.2 Å². The molecule has 2 aromatic rings. The average molecular weight is 302 g/mol. The number of amides is 1. The van der Waals surface area contributed by atoms with Gasteiger partial charge in [0, 0.05) is 18.3 Å². The molecule has 0 atom stereocenters. The van der Waals surface area contributed by atoms with Crippen molar-refractivity contribution in [2.75, 3.05) is 5.32 Å². The number of benzene rings is 1. The van der Waals surface area contributed by atoms with E-state index in [4.69, 9.17) is 12.2 Å². The summed E-state index contributed by atoms with van der Waals surface area (Å²) in [7, 11) is 0. The van der Waals surface area contributed by atoms with Crippen molar-refractivity contribution in [1.82, 2.24) is 15.8 Å². The maximum atomic E-state index is 11.8. The van der Waals surface area contributed by atoms with E-state index in [0.29, 0.717) is 17.9 Å². The Hall–Kier alpha value is -2.51. The first-order chi connectivity index (χ1) is 10.2. The zero-order valence-electron chi connectivity index (χ0n) is 11.0. The first-order valence-corrected chi connectivity index (χ1v) is 6.60. The molecule has 4 N–H and O–H groups in total. The van der Waals surface area contributed by atoms with Gasteiger partial charge in [-0.2, -0.15) is 0 Å². The molecule has 0 unspecified atom stereocenters. The molecule has 21 heavy (non-hydrogen) atoms. The number of pyridine rings is 1. The van der Waals surface area contributed by atoms with Gasteiger partial charge in [-0.1, -0.05) is 36.5 Å². The van der Waals surface area contributed by atoms with Crippen molar-refractivity contribution in [1.29, 1.82) is 0 Å². The largest absolute Gasteiger partial charge is 0.508 e. The number of carbonyl (C=O) groups is 1. The zero-order valence-corrected chi connectivity index (χ0v) is 11.9. The first-order valence-electron chi connectivity index (χ1n) is 6.19. The lowest BCUT2D eigenvalue weighted by Gasteiger charge is -2.10. The average Bonchev–Trinajstić information content (AvgIpc) is 2.50. The standard InChI is InChI=1S/C14H14N4O2S/c19-11-6-2-1-5-10(11)9-16-18-14(21)13(20)17-12-7-3-4-8-15-12/h1-8,16,19H,9H2,(H,18,21)(H,15,17,20). The van der Waals surface area contributed by atoms with Gasteiger partial charge < -0.3 is 15.8 Å². The Morgan fingerprint density at radius 2 is 1.95 bits per heavy atom. The summed E-state index contributed by atoms with van der Waals surface area (Å²) in [6.45, 7) is 0.323. The van der Waals surface area contributed by atoms with Crippen LogP contribution in [0.3, 0.4) is 0 Å². The number of carbonyl (C=O) groups excluding carboxylic acids is 1. The van der Waals surface area contributed by atoms with Gasteiger partial charge in [-0.05, 0) is 18.2 Å². The van der Waals surface area contributed by atoms with Crippen LogP contribution in [0.2, 0.25) is 0 Å². The third-order valence-electron chi connectivity index (χ3n) is 2.59. The van der Waals surface area contributed by atoms with E-state index in [1.54, 1.807) is 42.6 Å². The normalized spacial score (nSPS) is 9.90. The van der Waals surface area contributed by atoms with Gasteiger partial charge in [-0.25, -0.2) is 10.4 Å². The lowest BCUT2D eigenvalue weighted by molar-refractivity contribution is -0.110. The van der Waals surface area contributed by atoms with Crippen molar-refractivity contribution in [3.05, 3.63) is 54.2 Å². The van der Waals surface area contributed by atoms with Gasteiger partial charge in [0.05, 0.1) is 0 Å². The summed E-state index contributed by atoms with van der Waals surface area (Å²) in [5, 5.41) is 12.2. The van der Waals surface area contributed by atoms with Crippen LogP contribution in [0.15, 0.2) is 48.7 Å². The molecule has 0 spiro atoms. The van der Waals surface area contributed by atoms with Crippen LogP contribution in [0.1, 0.15) is 5.56 Å². The predicted molar refractivity (Wildman–Crippen MR) is 83.5 cm³/mol. The topological polar surface area (TPSA) is 86.3 Å². The van der Waals surface area contributed by atoms with Gasteiger partial charge in [0.15, 0.2) is 4.99 Å². The number of phenolic OH excluding ortho intramolecular Hbond substituents is 1. The number of hydrogen-bond acceptors (Lipinski definition) is 5. The van der Waals surface area contributed by atoms with Crippen LogP contribution in [-0.4, -0.2) is 21.0 Å². The molecule has 1 aromatic carbocycles. The lowest BCUT2D eigenvalue weighted by Crippen LogP contribution is -2.42. The number of aromatic nitrogens is 1. The maximum Gasteiger partial charge on any atom is 0.285 e. The van der Waals surface area contributed by atoms with Crippen LogP contribution in [0.5, 0.6) is 5.75 Å². The van der Waals surface area contributed by atoms with E-state index >= 15 is 0 Å². The highest BCUT2D eigenvalue weighted by Crippen LogP contribution is 2.14.